The Morgan fingerprint density at radius 2 is 2.09 bits per heavy atom. The average molecular weight is 334 g/mol. The predicted molar refractivity (Wildman–Crippen MR) is 92.6 cm³/mol. The molecule has 0 aliphatic carbocycles. The summed E-state index contributed by atoms with van der Waals surface area (Å²) in [5, 5.41) is 14.8. The molecular weight excluding hydrogens is 312 g/mol. The van der Waals surface area contributed by atoms with E-state index in [1.165, 1.54) is 0 Å². The van der Waals surface area contributed by atoms with Crippen molar-refractivity contribution in [3.05, 3.63) is 52.7 Å². The molecule has 1 atom stereocenters. The van der Waals surface area contributed by atoms with Gasteiger partial charge in [0.05, 0.1) is 25.9 Å². The lowest BCUT2D eigenvalue weighted by Gasteiger charge is -2.20. The number of nitrogens with zero attached hydrogens (tertiary/aromatic N) is 1. The molecule has 0 fully saturated rings. The van der Waals surface area contributed by atoms with Crippen LogP contribution in [0, 0.1) is 0 Å². The molecule has 0 saturated heterocycles. The second-order valence-electron chi connectivity index (χ2n) is 5.36. The van der Waals surface area contributed by atoms with Crippen LogP contribution >= 0.6 is 11.3 Å². The first-order valence-corrected chi connectivity index (χ1v) is 8.33. The van der Waals surface area contributed by atoms with Crippen LogP contribution in [0.2, 0.25) is 0 Å². The van der Waals surface area contributed by atoms with Gasteiger partial charge in [-0.1, -0.05) is 24.3 Å². The number of anilines is 1. The Balaban J connectivity index is 1.63. The van der Waals surface area contributed by atoms with Gasteiger partial charge in [0.1, 0.15) is 0 Å². The van der Waals surface area contributed by atoms with E-state index in [-0.39, 0.29) is 19.1 Å². The summed E-state index contributed by atoms with van der Waals surface area (Å²) in [6.45, 7) is 1.36. The minimum absolute atomic E-state index is 0.106. The molecule has 1 heterocycles. The lowest BCUT2D eigenvalue weighted by Crippen LogP contribution is -2.37. The third-order valence-corrected chi connectivity index (χ3v) is 3.98. The smallest absolute Gasteiger partial charge is 0.238 e. The minimum Gasteiger partial charge on any atom is -0.389 e. The van der Waals surface area contributed by atoms with Crippen LogP contribution in [-0.4, -0.2) is 48.8 Å². The number of carbonyl (C=O) groups excluding carboxylic acids is 1. The molecule has 2 N–H and O–H groups in total. The molecular formula is C17H22N2O3S. The Hall–Kier alpha value is -1.73. The van der Waals surface area contributed by atoms with E-state index in [4.69, 9.17) is 4.74 Å². The Bertz CT molecular complexity index is 575. The van der Waals surface area contributed by atoms with Crippen molar-refractivity contribution in [2.24, 2.45) is 0 Å². The highest BCUT2D eigenvalue weighted by Gasteiger charge is 2.12. The molecule has 2 aromatic rings. The third-order valence-electron chi connectivity index (χ3n) is 3.13. The van der Waals surface area contributed by atoms with Crippen molar-refractivity contribution in [3.63, 3.8) is 0 Å². The van der Waals surface area contributed by atoms with Crippen molar-refractivity contribution >= 4 is 22.9 Å². The summed E-state index contributed by atoms with van der Waals surface area (Å²) in [7, 11) is 1.80. The maximum atomic E-state index is 11.9. The van der Waals surface area contributed by atoms with Crippen LogP contribution in [0.3, 0.4) is 0 Å². The van der Waals surface area contributed by atoms with Crippen molar-refractivity contribution in [2.45, 2.75) is 12.7 Å². The number of hydrogen-bond acceptors (Lipinski definition) is 5. The van der Waals surface area contributed by atoms with Crippen LogP contribution in [0.5, 0.6) is 0 Å². The number of nitrogens with one attached hydrogen (secondary N) is 1. The molecule has 124 valence electrons. The molecule has 0 radical (unpaired) electrons. The van der Waals surface area contributed by atoms with E-state index in [0.29, 0.717) is 13.2 Å². The van der Waals surface area contributed by atoms with E-state index >= 15 is 0 Å². The van der Waals surface area contributed by atoms with Crippen molar-refractivity contribution < 1.29 is 14.6 Å². The van der Waals surface area contributed by atoms with Crippen LogP contribution in [0.15, 0.2) is 47.8 Å². The fourth-order valence-electron chi connectivity index (χ4n) is 2.13. The lowest BCUT2D eigenvalue weighted by atomic mass is 10.3. The van der Waals surface area contributed by atoms with Gasteiger partial charge in [-0.05, 0) is 30.6 Å². The number of rotatable bonds is 9. The Morgan fingerprint density at radius 1 is 1.30 bits per heavy atom. The summed E-state index contributed by atoms with van der Waals surface area (Å²) >= 11 is 1.63. The molecule has 1 amide bonds. The molecule has 1 aromatic heterocycles. The molecule has 0 bridgehead atoms. The molecule has 1 aromatic carbocycles. The van der Waals surface area contributed by atoms with Gasteiger partial charge in [0, 0.05) is 17.1 Å². The Labute approximate surface area is 140 Å². The number of likely N-dealkylation sites (N-methyl/N-ethyl adjacent to an activating group) is 1. The van der Waals surface area contributed by atoms with E-state index in [1.54, 1.807) is 23.3 Å². The van der Waals surface area contributed by atoms with Gasteiger partial charge in [0.15, 0.2) is 0 Å². The van der Waals surface area contributed by atoms with E-state index in [0.717, 1.165) is 10.6 Å². The molecule has 6 heteroatoms. The molecule has 2 rings (SSSR count). The van der Waals surface area contributed by atoms with Gasteiger partial charge in [-0.15, -0.1) is 11.3 Å². The van der Waals surface area contributed by atoms with Crippen LogP contribution < -0.4 is 5.32 Å². The number of amides is 1. The van der Waals surface area contributed by atoms with Gasteiger partial charge in [-0.25, -0.2) is 0 Å². The van der Waals surface area contributed by atoms with E-state index < -0.39 is 6.10 Å². The third kappa shape index (κ3) is 6.92. The fourth-order valence-corrected chi connectivity index (χ4v) is 2.77. The molecule has 23 heavy (non-hydrogen) atoms. The number of aliphatic hydroxyl groups is 1. The maximum Gasteiger partial charge on any atom is 0.238 e. The number of hydrogen-bond donors (Lipinski definition) is 2. The van der Waals surface area contributed by atoms with Gasteiger partial charge >= 0.3 is 0 Å². The second-order valence-corrected chi connectivity index (χ2v) is 6.39. The molecule has 0 aliphatic heterocycles. The van der Waals surface area contributed by atoms with Gasteiger partial charge in [0.2, 0.25) is 5.91 Å². The predicted octanol–water partition coefficient (Wildman–Crippen LogP) is 2.20. The largest absolute Gasteiger partial charge is 0.389 e. The van der Waals surface area contributed by atoms with Gasteiger partial charge < -0.3 is 15.2 Å². The maximum absolute atomic E-state index is 11.9. The molecule has 1 unspecified atom stereocenters. The van der Waals surface area contributed by atoms with Crippen LogP contribution in [0.25, 0.3) is 0 Å². The summed E-state index contributed by atoms with van der Waals surface area (Å²) in [6.07, 6.45) is -0.621. The average Bonchev–Trinajstić information content (AvgIpc) is 3.01. The standard InChI is InChI=1S/C17H22N2O3S/c1-19(11-17(21)18-14-6-3-2-4-7-14)10-15(20)12-22-13-16-8-5-9-23-16/h2-9,15,20H,10-13H2,1H3,(H,18,21). The highest BCUT2D eigenvalue weighted by atomic mass is 32.1. The summed E-state index contributed by atoms with van der Waals surface area (Å²) in [5.41, 5.74) is 0.769. The van der Waals surface area contributed by atoms with Crippen molar-refractivity contribution in [3.8, 4) is 0 Å². The number of ether oxygens (including phenoxy) is 1. The fraction of sp³-hybridized carbons (Fsp3) is 0.353. The first kappa shape index (κ1) is 17.6. The number of benzene rings is 1. The Kier molecular flexibility index (Phi) is 7.22. The molecule has 0 saturated carbocycles. The van der Waals surface area contributed by atoms with Crippen LogP contribution in [-0.2, 0) is 16.1 Å². The number of thiophene rings is 1. The zero-order valence-corrected chi connectivity index (χ0v) is 14.0. The zero-order valence-electron chi connectivity index (χ0n) is 13.1. The highest BCUT2D eigenvalue weighted by Crippen LogP contribution is 2.09. The lowest BCUT2D eigenvalue weighted by molar-refractivity contribution is -0.117. The van der Waals surface area contributed by atoms with Crippen LogP contribution in [0.1, 0.15) is 4.88 Å². The second kappa shape index (κ2) is 9.42. The SMILES string of the molecule is CN(CC(=O)Nc1ccccc1)CC(O)COCc1cccs1. The summed E-state index contributed by atoms with van der Waals surface area (Å²) in [6, 6.07) is 13.3. The van der Waals surface area contributed by atoms with Gasteiger partial charge in [0.25, 0.3) is 0 Å². The monoisotopic (exact) mass is 334 g/mol. The van der Waals surface area contributed by atoms with Crippen molar-refractivity contribution in [2.75, 3.05) is 32.1 Å². The summed E-state index contributed by atoms with van der Waals surface area (Å²) in [4.78, 5) is 14.8. The van der Waals surface area contributed by atoms with E-state index in [1.807, 2.05) is 47.8 Å². The number of carbonyl (C=O) groups is 1. The van der Waals surface area contributed by atoms with E-state index in [9.17, 15) is 9.90 Å². The molecule has 5 nitrogen and oxygen atoms in total. The van der Waals surface area contributed by atoms with Crippen molar-refractivity contribution in [1.82, 2.24) is 4.90 Å². The first-order chi connectivity index (χ1) is 11.1. The van der Waals surface area contributed by atoms with E-state index in [2.05, 4.69) is 5.32 Å². The summed E-state index contributed by atoms with van der Waals surface area (Å²) in [5.74, 6) is -0.106. The van der Waals surface area contributed by atoms with Crippen LogP contribution in [0.4, 0.5) is 5.69 Å². The Morgan fingerprint density at radius 3 is 2.78 bits per heavy atom. The summed E-state index contributed by atoms with van der Waals surface area (Å²) < 4.78 is 5.47. The molecule has 0 spiro atoms. The zero-order chi connectivity index (χ0) is 16.5. The minimum atomic E-state index is -0.621. The van der Waals surface area contributed by atoms with Gasteiger partial charge in [-0.3, -0.25) is 9.69 Å². The number of para-hydroxylation sites is 1. The normalized spacial score (nSPS) is 12.3. The van der Waals surface area contributed by atoms with Crippen molar-refractivity contribution in [1.29, 1.82) is 0 Å². The topological polar surface area (TPSA) is 61.8 Å². The van der Waals surface area contributed by atoms with Gasteiger partial charge in [-0.2, -0.15) is 0 Å². The first-order valence-electron chi connectivity index (χ1n) is 7.45. The highest BCUT2D eigenvalue weighted by molar-refractivity contribution is 7.09. The number of aliphatic hydroxyl groups excluding tert-OH is 1. The quantitative estimate of drug-likeness (QED) is 0.738. The molecule has 0 aliphatic rings.